The van der Waals surface area contributed by atoms with E-state index in [0.717, 1.165) is 12.0 Å². The van der Waals surface area contributed by atoms with Crippen molar-refractivity contribution >= 4 is 5.91 Å². The van der Waals surface area contributed by atoms with E-state index in [0.29, 0.717) is 6.54 Å². The Labute approximate surface area is 90.7 Å². The van der Waals surface area contributed by atoms with Crippen molar-refractivity contribution in [3.05, 3.63) is 35.4 Å². The molecule has 0 heterocycles. The summed E-state index contributed by atoms with van der Waals surface area (Å²) in [7, 11) is 0. The van der Waals surface area contributed by atoms with Crippen LogP contribution in [-0.2, 0) is 17.8 Å². The fourth-order valence-corrected chi connectivity index (χ4v) is 1.31. The van der Waals surface area contributed by atoms with Gasteiger partial charge in [-0.25, -0.2) is 0 Å². The largest absolute Gasteiger partial charge is 0.351 e. The second kappa shape index (κ2) is 5.51. The standard InChI is InChI=1S/C12H18N2O/c1-3-10-5-4-6-11(7-10)8-14-12(15)9(2)13/h4-7,9H,3,8,13H2,1-2H3,(H,14,15)/t9-/m0/s1. The molecule has 0 saturated carbocycles. The molecular weight excluding hydrogens is 188 g/mol. The third-order valence-corrected chi connectivity index (χ3v) is 2.28. The number of amides is 1. The Morgan fingerprint density at radius 3 is 2.73 bits per heavy atom. The first-order valence-corrected chi connectivity index (χ1v) is 5.24. The first kappa shape index (κ1) is 11.7. The number of carbonyl (C=O) groups excluding carboxylic acids is 1. The van der Waals surface area contributed by atoms with Gasteiger partial charge < -0.3 is 11.1 Å². The van der Waals surface area contributed by atoms with Crippen LogP contribution in [0.1, 0.15) is 25.0 Å². The minimum Gasteiger partial charge on any atom is -0.351 e. The van der Waals surface area contributed by atoms with Gasteiger partial charge in [-0.2, -0.15) is 0 Å². The van der Waals surface area contributed by atoms with Gasteiger partial charge >= 0.3 is 0 Å². The van der Waals surface area contributed by atoms with Gasteiger partial charge in [-0.05, 0) is 24.5 Å². The van der Waals surface area contributed by atoms with E-state index >= 15 is 0 Å². The fraction of sp³-hybridized carbons (Fsp3) is 0.417. The third kappa shape index (κ3) is 3.72. The average molecular weight is 206 g/mol. The molecule has 3 nitrogen and oxygen atoms in total. The molecule has 1 atom stereocenters. The number of hydrogen-bond acceptors (Lipinski definition) is 2. The van der Waals surface area contributed by atoms with E-state index in [1.54, 1.807) is 6.92 Å². The average Bonchev–Trinajstić information content (AvgIpc) is 2.26. The zero-order valence-electron chi connectivity index (χ0n) is 9.29. The molecule has 0 aliphatic carbocycles. The van der Waals surface area contributed by atoms with E-state index in [-0.39, 0.29) is 5.91 Å². The second-order valence-electron chi connectivity index (χ2n) is 3.68. The molecule has 3 N–H and O–H groups in total. The summed E-state index contributed by atoms with van der Waals surface area (Å²) in [5.74, 6) is -0.114. The van der Waals surface area contributed by atoms with Crippen LogP contribution in [0, 0.1) is 0 Å². The number of benzene rings is 1. The van der Waals surface area contributed by atoms with Crippen LogP contribution in [0.3, 0.4) is 0 Å². The summed E-state index contributed by atoms with van der Waals surface area (Å²) in [5.41, 5.74) is 7.84. The number of nitrogens with two attached hydrogens (primary N) is 1. The van der Waals surface area contributed by atoms with Crippen LogP contribution in [0.2, 0.25) is 0 Å². The van der Waals surface area contributed by atoms with Crippen LogP contribution >= 0.6 is 0 Å². The van der Waals surface area contributed by atoms with E-state index < -0.39 is 6.04 Å². The van der Waals surface area contributed by atoms with Gasteiger partial charge in [0.25, 0.3) is 0 Å². The van der Waals surface area contributed by atoms with Crippen molar-refractivity contribution in [3.8, 4) is 0 Å². The zero-order valence-corrected chi connectivity index (χ0v) is 9.29. The van der Waals surface area contributed by atoms with E-state index in [1.165, 1.54) is 5.56 Å². The van der Waals surface area contributed by atoms with Crippen LogP contribution in [0.5, 0.6) is 0 Å². The fourth-order valence-electron chi connectivity index (χ4n) is 1.31. The van der Waals surface area contributed by atoms with E-state index in [2.05, 4.69) is 24.4 Å². The molecular formula is C12H18N2O. The number of nitrogens with one attached hydrogen (secondary N) is 1. The van der Waals surface area contributed by atoms with Crippen molar-refractivity contribution in [3.63, 3.8) is 0 Å². The molecule has 0 bridgehead atoms. The predicted octanol–water partition coefficient (Wildman–Crippen LogP) is 1.21. The molecule has 0 unspecified atom stereocenters. The molecule has 0 aliphatic rings. The summed E-state index contributed by atoms with van der Waals surface area (Å²) in [4.78, 5) is 11.2. The number of rotatable bonds is 4. The maximum atomic E-state index is 11.2. The lowest BCUT2D eigenvalue weighted by atomic mass is 10.1. The Morgan fingerprint density at radius 2 is 2.13 bits per heavy atom. The highest BCUT2D eigenvalue weighted by atomic mass is 16.2. The number of carbonyl (C=O) groups is 1. The van der Waals surface area contributed by atoms with E-state index in [4.69, 9.17) is 5.73 Å². The highest BCUT2D eigenvalue weighted by Crippen LogP contribution is 2.05. The van der Waals surface area contributed by atoms with Crippen molar-refractivity contribution in [2.75, 3.05) is 0 Å². The minimum absolute atomic E-state index is 0.114. The van der Waals surface area contributed by atoms with Crippen molar-refractivity contribution in [2.24, 2.45) is 5.73 Å². The molecule has 0 spiro atoms. The summed E-state index contributed by atoms with van der Waals surface area (Å²) in [6, 6.07) is 7.74. The Bertz CT molecular complexity index is 334. The van der Waals surface area contributed by atoms with Gasteiger partial charge in [0.1, 0.15) is 0 Å². The quantitative estimate of drug-likeness (QED) is 0.778. The van der Waals surface area contributed by atoms with Crippen molar-refractivity contribution in [1.82, 2.24) is 5.32 Å². The van der Waals surface area contributed by atoms with Crippen LogP contribution in [-0.4, -0.2) is 11.9 Å². The zero-order chi connectivity index (χ0) is 11.3. The first-order chi connectivity index (χ1) is 7.13. The number of aryl methyl sites for hydroxylation is 1. The molecule has 3 heteroatoms. The van der Waals surface area contributed by atoms with Crippen LogP contribution < -0.4 is 11.1 Å². The lowest BCUT2D eigenvalue weighted by molar-refractivity contribution is -0.122. The summed E-state index contributed by atoms with van der Waals surface area (Å²) in [6.45, 7) is 4.34. The van der Waals surface area contributed by atoms with E-state index in [9.17, 15) is 4.79 Å². The Hall–Kier alpha value is -1.35. The SMILES string of the molecule is CCc1cccc(CNC(=O)[C@H](C)N)c1. The van der Waals surface area contributed by atoms with Crippen LogP contribution in [0.15, 0.2) is 24.3 Å². The normalized spacial score (nSPS) is 12.2. The second-order valence-corrected chi connectivity index (χ2v) is 3.68. The predicted molar refractivity (Wildman–Crippen MR) is 61.3 cm³/mol. The monoisotopic (exact) mass is 206 g/mol. The summed E-state index contributed by atoms with van der Waals surface area (Å²) >= 11 is 0. The van der Waals surface area contributed by atoms with Gasteiger partial charge in [0, 0.05) is 6.54 Å². The molecule has 0 radical (unpaired) electrons. The van der Waals surface area contributed by atoms with Crippen LogP contribution in [0.4, 0.5) is 0 Å². The van der Waals surface area contributed by atoms with E-state index in [1.807, 2.05) is 12.1 Å². The molecule has 1 rings (SSSR count). The topological polar surface area (TPSA) is 55.1 Å². The molecule has 0 fully saturated rings. The molecule has 0 aromatic heterocycles. The highest BCUT2D eigenvalue weighted by Gasteiger charge is 2.05. The Morgan fingerprint density at radius 1 is 1.47 bits per heavy atom. The molecule has 1 amide bonds. The summed E-state index contributed by atoms with van der Waals surface area (Å²) < 4.78 is 0. The third-order valence-electron chi connectivity index (χ3n) is 2.28. The van der Waals surface area contributed by atoms with Gasteiger partial charge in [0.2, 0.25) is 5.91 Å². The van der Waals surface area contributed by atoms with Gasteiger partial charge in [-0.3, -0.25) is 4.79 Å². The minimum atomic E-state index is -0.445. The maximum Gasteiger partial charge on any atom is 0.236 e. The molecule has 0 aliphatic heterocycles. The molecule has 1 aromatic carbocycles. The maximum absolute atomic E-state index is 11.2. The lowest BCUT2D eigenvalue weighted by Gasteiger charge is -2.08. The Kier molecular flexibility index (Phi) is 4.31. The van der Waals surface area contributed by atoms with Gasteiger partial charge in [-0.1, -0.05) is 31.2 Å². The number of hydrogen-bond donors (Lipinski definition) is 2. The molecule has 0 saturated heterocycles. The van der Waals surface area contributed by atoms with Crippen molar-refractivity contribution in [1.29, 1.82) is 0 Å². The first-order valence-electron chi connectivity index (χ1n) is 5.24. The smallest absolute Gasteiger partial charge is 0.236 e. The summed E-state index contributed by atoms with van der Waals surface area (Å²) in [6.07, 6.45) is 1.01. The Balaban J connectivity index is 2.54. The molecule has 1 aromatic rings. The van der Waals surface area contributed by atoms with Gasteiger partial charge in [0.15, 0.2) is 0 Å². The highest BCUT2D eigenvalue weighted by molar-refractivity contribution is 5.80. The summed E-state index contributed by atoms with van der Waals surface area (Å²) in [5, 5.41) is 2.79. The van der Waals surface area contributed by atoms with Gasteiger partial charge in [-0.15, -0.1) is 0 Å². The van der Waals surface area contributed by atoms with Crippen molar-refractivity contribution < 1.29 is 4.79 Å². The van der Waals surface area contributed by atoms with Crippen LogP contribution in [0.25, 0.3) is 0 Å². The molecule has 82 valence electrons. The lowest BCUT2D eigenvalue weighted by Crippen LogP contribution is -2.37. The van der Waals surface area contributed by atoms with Gasteiger partial charge in [0.05, 0.1) is 6.04 Å². The molecule has 15 heavy (non-hydrogen) atoms. The van der Waals surface area contributed by atoms with Crippen molar-refractivity contribution in [2.45, 2.75) is 32.9 Å².